The van der Waals surface area contributed by atoms with E-state index in [0.29, 0.717) is 17.4 Å². The molecule has 1 aliphatic carbocycles. The van der Waals surface area contributed by atoms with Crippen LogP contribution in [-0.2, 0) is 12.8 Å². The average Bonchev–Trinajstić information content (AvgIpc) is 2.54. The lowest BCUT2D eigenvalue weighted by atomic mass is 9.96. The molecular weight excluding hydrogens is 268 g/mol. The number of benzene rings is 1. The Hall–Kier alpha value is -2.34. The van der Waals surface area contributed by atoms with Crippen LogP contribution in [-0.4, -0.2) is 22.2 Å². The van der Waals surface area contributed by atoms with Gasteiger partial charge >= 0.3 is 0 Å². The quantitative estimate of drug-likeness (QED) is 0.590. The lowest BCUT2D eigenvalue weighted by molar-refractivity contribution is 0.373. The van der Waals surface area contributed by atoms with Crippen molar-refractivity contribution in [1.29, 1.82) is 0 Å². The molecule has 2 aromatic rings. The molecule has 0 saturated carbocycles. The molecule has 0 fully saturated rings. The SMILES string of the molecule is COc1cc(-c2nc3c(c(NN)n2)CCCC3)ccc1O. The first-order valence-electron chi connectivity index (χ1n) is 6.96. The second-order valence-corrected chi connectivity index (χ2v) is 5.06. The third-order valence-corrected chi connectivity index (χ3v) is 3.76. The van der Waals surface area contributed by atoms with E-state index in [4.69, 9.17) is 10.6 Å². The van der Waals surface area contributed by atoms with Crippen molar-refractivity contribution in [3.05, 3.63) is 29.5 Å². The third kappa shape index (κ3) is 2.50. The molecule has 6 nitrogen and oxygen atoms in total. The van der Waals surface area contributed by atoms with Crippen LogP contribution in [0.3, 0.4) is 0 Å². The van der Waals surface area contributed by atoms with Gasteiger partial charge in [-0.15, -0.1) is 0 Å². The predicted octanol–water partition coefficient (Wildman–Crippen LogP) is 2.02. The number of aryl methyl sites for hydroxylation is 1. The third-order valence-electron chi connectivity index (χ3n) is 3.76. The lowest BCUT2D eigenvalue weighted by Gasteiger charge is -2.18. The van der Waals surface area contributed by atoms with Gasteiger partial charge in [-0.05, 0) is 43.9 Å². The Morgan fingerprint density at radius 1 is 1.24 bits per heavy atom. The highest BCUT2D eigenvalue weighted by atomic mass is 16.5. The fourth-order valence-electron chi connectivity index (χ4n) is 2.66. The van der Waals surface area contributed by atoms with E-state index in [9.17, 15) is 5.11 Å². The minimum absolute atomic E-state index is 0.0939. The molecule has 6 heteroatoms. The van der Waals surface area contributed by atoms with Crippen molar-refractivity contribution in [1.82, 2.24) is 9.97 Å². The van der Waals surface area contributed by atoms with Crippen molar-refractivity contribution < 1.29 is 9.84 Å². The fraction of sp³-hybridized carbons (Fsp3) is 0.333. The molecular formula is C15H18N4O2. The van der Waals surface area contributed by atoms with Crippen LogP contribution in [0.25, 0.3) is 11.4 Å². The molecule has 1 aromatic heterocycles. The summed E-state index contributed by atoms with van der Waals surface area (Å²) < 4.78 is 5.13. The topological polar surface area (TPSA) is 93.3 Å². The van der Waals surface area contributed by atoms with Gasteiger partial charge in [0.2, 0.25) is 0 Å². The van der Waals surface area contributed by atoms with E-state index in [1.807, 2.05) is 0 Å². The average molecular weight is 286 g/mol. The molecule has 110 valence electrons. The zero-order valence-corrected chi connectivity index (χ0v) is 11.9. The summed E-state index contributed by atoms with van der Waals surface area (Å²) in [6.45, 7) is 0. The molecule has 1 heterocycles. The molecule has 0 bridgehead atoms. The summed E-state index contributed by atoms with van der Waals surface area (Å²) in [7, 11) is 1.51. The normalized spacial score (nSPS) is 13.6. The number of nitrogens with one attached hydrogen (secondary N) is 1. The number of nitrogens with zero attached hydrogens (tertiary/aromatic N) is 2. The number of methoxy groups -OCH3 is 1. The first-order chi connectivity index (χ1) is 10.2. The van der Waals surface area contributed by atoms with Crippen LogP contribution in [0.1, 0.15) is 24.1 Å². The highest BCUT2D eigenvalue weighted by molar-refractivity contribution is 5.63. The summed E-state index contributed by atoms with van der Waals surface area (Å²) in [6.07, 6.45) is 4.16. The van der Waals surface area contributed by atoms with Gasteiger partial charge in [-0.25, -0.2) is 15.8 Å². The predicted molar refractivity (Wildman–Crippen MR) is 80.1 cm³/mol. The van der Waals surface area contributed by atoms with Crippen molar-refractivity contribution in [2.75, 3.05) is 12.5 Å². The zero-order chi connectivity index (χ0) is 14.8. The number of phenolic OH excluding ortho intramolecular Hbond substituents is 1. The maximum Gasteiger partial charge on any atom is 0.161 e. The molecule has 0 amide bonds. The Morgan fingerprint density at radius 2 is 2.05 bits per heavy atom. The molecule has 0 aliphatic heterocycles. The van der Waals surface area contributed by atoms with Crippen LogP contribution in [0.2, 0.25) is 0 Å². The maximum atomic E-state index is 9.68. The number of nitrogen functional groups attached to an aromatic ring is 1. The zero-order valence-electron chi connectivity index (χ0n) is 11.9. The Kier molecular flexibility index (Phi) is 3.62. The number of nitrogens with two attached hydrogens (primary N) is 1. The summed E-state index contributed by atoms with van der Waals surface area (Å²) in [5, 5.41) is 9.68. The van der Waals surface area contributed by atoms with Gasteiger partial charge in [0.05, 0.1) is 7.11 Å². The Balaban J connectivity index is 2.10. The molecule has 0 radical (unpaired) electrons. The number of anilines is 1. The number of rotatable bonds is 3. The number of hydrogen-bond acceptors (Lipinski definition) is 6. The number of fused-ring (bicyclic) bond motifs is 1. The van der Waals surface area contributed by atoms with E-state index >= 15 is 0 Å². The largest absolute Gasteiger partial charge is 0.504 e. The van der Waals surface area contributed by atoms with Gasteiger partial charge < -0.3 is 15.3 Å². The molecule has 0 saturated heterocycles. The van der Waals surface area contributed by atoms with Gasteiger partial charge in [-0.2, -0.15) is 0 Å². The van der Waals surface area contributed by atoms with Crippen molar-refractivity contribution in [3.63, 3.8) is 0 Å². The van der Waals surface area contributed by atoms with Crippen LogP contribution in [0.15, 0.2) is 18.2 Å². The van der Waals surface area contributed by atoms with E-state index in [-0.39, 0.29) is 5.75 Å². The Labute approximate surface area is 123 Å². The number of ether oxygens (including phenoxy) is 1. The number of aromatic nitrogens is 2. The van der Waals surface area contributed by atoms with Crippen LogP contribution in [0.5, 0.6) is 11.5 Å². The minimum atomic E-state index is 0.0939. The standard InChI is InChI=1S/C15H18N4O2/c1-21-13-8-9(6-7-12(13)20)14-17-11-5-3-2-4-10(11)15(18-14)19-16/h6-8,20H,2-5,16H2,1H3,(H,17,18,19). The van der Waals surface area contributed by atoms with Crippen molar-refractivity contribution in [2.45, 2.75) is 25.7 Å². The molecule has 3 rings (SSSR count). The lowest BCUT2D eigenvalue weighted by Crippen LogP contribution is -2.17. The molecule has 21 heavy (non-hydrogen) atoms. The van der Waals surface area contributed by atoms with Crippen LogP contribution in [0, 0.1) is 0 Å². The highest BCUT2D eigenvalue weighted by Gasteiger charge is 2.18. The number of aromatic hydroxyl groups is 1. The monoisotopic (exact) mass is 286 g/mol. The van der Waals surface area contributed by atoms with E-state index in [1.54, 1.807) is 18.2 Å². The van der Waals surface area contributed by atoms with Gasteiger partial charge in [-0.1, -0.05) is 0 Å². The van der Waals surface area contributed by atoms with Crippen LogP contribution in [0.4, 0.5) is 5.82 Å². The smallest absolute Gasteiger partial charge is 0.161 e. The molecule has 0 atom stereocenters. The van der Waals surface area contributed by atoms with Gasteiger partial charge in [-0.3, -0.25) is 0 Å². The molecule has 0 spiro atoms. The maximum absolute atomic E-state index is 9.68. The van der Waals surface area contributed by atoms with Gasteiger partial charge in [0.25, 0.3) is 0 Å². The first kappa shape index (κ1) is 13.6. The summed E-state index contributed by atoms with van der Waals surface area (Å²) in [5.41, 5.74) is 5.62. The molecule has 4 N–H and O–H groups in total. The van der Waals surface area contributed by atoms with Crippen molar-refractivity contribution >= 4 is 5.82 Å². The summed E-state index contributed by atoms with van der Waals surface area (Å²) in [5.74, 6) is 7.36. The van der Waals surface area contributed by atoms with E-state index in [2.05, 4.69) is 15.4 Å². The van der Waals surface area contributed by atoms with E-state index in [0.717, 1.165) is 42.5 Å². The Morgan fingerprint density at radius 3 is 2.81 bits per heavy atom. The van der Waals surface area contributed by atoms with Crippen molar-refractivity contribution in [3.8, 4) is 22.9 Å². The number of phenols is 1. The van der Waals surface area contributed by atoms with Crippen LogP contribution < -0.4 is 16.0 Å². The summed E-state index contributed by atoms with van der Waals surface area (Å²) >= 11 is 0. The van der Waals surface area contributed by atoms with Crippen LogP contribution >= 0.6 is 0 Å². The molecule has 1 aromatic carbocycles. The molecule has 0 unspecified atom stereocenters. The van der Waals surface area contributed by atoms with Gasteiger partial charge in [0.15, 0.2) is 17.3 Å². The number of hydrazine groups is 1. The van der Waals surface area contributed by atoms with Gasteiger partial charge in [0.1, 0.15) is 5.82 Å². The second kappa shape index (κ2) is 5.57. The van der Waals surface area contributed by atoms with E-state index in [1.165, 1.54) is 7.11 Å². The fourth-order valence-corrected chi connectivity index (χ4v) is 2.66. The summed E-state index contributed by atoms with van der Waals surface area (Å²) in [6, 6.07) is 5.06. The number of hydrogen-bond donors (Lipinski definition) is 3. The van der Waals surface area contributed by atoms with Crippen molar-refractivity contribution in [2.24, 2.45) is 5.84 Å². The second-order valence-electron chi connectivity index (χ2n) is 5.06. The highest BCUT2D eigenvalue weighted by Crippen LogP contribution is 2.32. The Bertz CT molecular complexity index is 656. The summed E-state index contributed by atoms with van der Waals surface area (Å²) in [4.78, 5) is 9.15. The minimum Gasteiger partial charge on any atom is -0.504 e. The molecule has 1 aliphatic rings. The van der Waals surface area contributed by atoms with Gasteiger partial charge in [0, 0.05) is 16.8 Å². The van der Waals surface area contributed by atoms with E-state index < -0.39 is 0 Å². The first-order valence-corrected chi connectivity index (χ1v) is 6.96.